The first-order valence-corrected chi connectivity index (χ1v) is 6.06. The van der Waals surface area contributed by atoms with Crippen LogP contribution in [0.1, 0.15) is 12.5 Å². The molecule has 0 saturated carbocycles. The maximum Gasteiger partial charge on any atom is 0.231 e. The summed E-state index contributed by atoms with van der Waals surface area (Å²) in [7, 11) is 0. The zero-order chi connectivity index (χ0) is 13.5. The Balaban J connectivity index is 1.91. The SMILES string of the molecule is CCOc1ccc(CC(=O)Nc2ncccn2)cc1. The molecule has 0 radical (unpaired) electrons. The van der Waals surface area contributed by atoms with Crippen LogP contribution in [0.15, 0.2) is 42.7 Å². The van der Waals surface area contributed by atoms with Crippen molar-refractivity contribution < 1.29 is 9.53 Å². The van der Waals surface area contributed by atoms with E-state index in [1.54, 1.807) is 18.5 Å². The summed E-state index contributed by atoms with van der Waals surface area (Å²) >= 11 is 0. The molecule has 0 saturated heterocycles. The third-order valence-electron chi connectivity index (χ3n) is 2.42. The molecule has 0 fully saturated rings. The largest absolute Gasteiger partial charge is 0.494 e. The van der Waals surface area contributed by atoms with Crippen LogP contribution in [0.5, 0.6) is 5.75 Å². The number of nitrogens with one attached hydrogen (secondary N) is 1. The van der Waals surface area contributed by atoms with E-state index in [1.165, 1.54) is 0 Å². The molecule has 0 unspecified atom stereocenters. The first kappa shape index (κ1) is 13.0. The normalized spacial score (nSPS) is 9.95. The monoisotopic (exact) mass is 257 g/mol. The standard InChI is InChI=1S/C14H15N3O2/c1-2-19-12-6-4-11(5-7-12)10-13(18)17-14-15-8-3-9-16-14/h3-9H,2,10H2,1H3,(H,15,16,17,18). The molecule has 0 atom stereocenters. The number of benzene rings is 1. The van der Waals surface area contributed by atoms with Crippen LogP contribution in [-0.4, -0.2) is 22.5 Å². The van der Waals surface area contributed by atoms with Crippen molar-refractivity contribution in [2.24, 2.45) is 0 Å². The van der Waals surface area contributed by atoms with Crippen molar-refractivity contribution >= 4 is 11.9 Å². The van der Waals surface area contributed by atoms with E-state index in [1.807, 2.05) is 31.2 Å². The number of hydrogen-bond acceptors (Lipinski definition) is 4. The quantitative estimate of drug-likeness (QED) is 0.890. The van der Waals surface area contributed by atoms with E-state index in [4.69, 9.17) is 4.74 Å². The van der Waals surface area contributed by atoms with Gasteiger partial charge < -0.3 is 4.74 Å². The van der Waals surface area contributed by atoms with Crippen molar-refractivity contribution in [3.8, 4) is 5.75 Å². The first-order valence-electron chi connectivity index (χ1n) is 6.06. The lowest BCUT2D eigenvalue weighted by Crippen LogP contribution is -2.16. The molecule has 98 valence electrons. The van der Waals surface area contributed by atoms with E-state index in [-0.39, 0.29) is 12.3 Å². The van der Waals surface area contributed by atoms with E-state index in [9.17, 15) is 4.79 Å². The summed E-state index contributed by atoms with van der Waals surface area (Å²) in [6.45, 7) is 2.56. The van der Waals surface area contributed by atoms with Crippen LogP contribution in [0.4, 0.5) is 5.95 Å². The summed E-state index contributed by atoms with van der Waals surface area (Å²) in [5.41, 5.74) is 0.914. The lowest BCUT2D eigenvalue weighted by molar-refractivity contribution is -0.115. The summed E-state index contributed by atoms with van der Waals surface area (Å²) in [6.07, 6.45) is 3.45. The number of carbonyl (C=O) groups excluding carboxylic acids is 1. The average molecular weight is 257 g/mol. The smallest absolute Gasteiger partial charge is 0.231 e. The number of anilines is 1. The molecule has 0 aliphatic carbocycles. The van der Waals surface area contributed by atoms with Gasteiger partial charge in [0.2, 0.25) is 11.9 Å². The van der Waals surface area contributed by atoms with E-state index in [0.29, 0.717) is 12.6 Å². The summed E-state index contributed by atoms with van der Waals surface area (Å²) in [4.78, 5) is 19.6. The zero-order valence-electron chi connectivity index (χ0n) is 10.7. The van der Waals surface area contributed by atoms with Gasteiger partial charge in [-0.2, -0.15) is 0 Å². The second kappa shape index (κ2) is 6.49. The predicted molar refractivity (Wildman–Crippen MR) is 72.0 cm³/mol. The number of rotatable bonds is 5. The van der Waals surface area contributed by atoms with Crippen LogP contribution in [-0.2, 0) is 11.2 Å². The van der Waals surface area contributed by atoms with Crippen LogP contribution in [0.2, 0.25) is 0 Å². The fraction of sp³-hybridized carbons (Fsp3) is 0.214. The van der Waals surface area contributed by atoms with Gasteiger partial charge in [0.1, 0.15) is 5.75 Å². The summed E-state index contributed by atoms with van der Waals surface area (Å²) in [5.74, 6) is 0.979. The Kier molecular flexibility index (Phi) is 4.44. The molecule has 0 aliphatic heterocycles. The number of ether oxygens (including phenoxy) is 1. The topological polar surface area (TPSA) is 64.1 Å². The Morgan fingerprint density at radius 2 is 1.89 bits per heavy atom. The number of hydrogen-bond donors (Lipinski definition) is 1. The van der Waals surface area contributed by atoms with E-state index in [2.05, 4.69) is 15.3 Å². The second-order valence-electron chi connectivity index (χ2n) is 3.87. The van der Waals surface area contributed by atoms with Gasteiger partial charge in [-0.3, -0.25) is 10.1 Å². The number of aromatic nitrogens is 2. The van der Waals surface area contributed by atoms with Crippen LogP contribution in [0.25, 0.3) is 0 Å². The summed E-state index contributed by atoms with van der Waals surface area (Å²) in [6, 6.07) is 9.14. The van der Waals surface area contributed by atoms with E-state index >= 15 is 0 Å². The molecule has 1 N–H and O–H groups in total. The molecule has 0 spiro atoms. The third kappa shape index (κ3) is 4.06. The fourth-order valence-corrected chi connectivity index (χ4v) is 1.59. The van der Waals surface area contributed by atoms with Crippen molar-refractivity contribution in [3.63, 3.8) is 0 Å². The molecule has 1 heterocycles. The molecular formula is C14H15N3O2. The van der Waals surface area contributed by atoms with Crippen LogP contribution < -0.4 is 10.1 Å². The van der Waals surface area contributed by atoms with Crippen molar-refractivity contribution in [1.29, 1.82) is 0 Å². The molecule has 1 amide bonds. The lowest BCUT2D eigenvalue weighted by Gasteiger charge is -2.05. The van der Waals surface area contributed by atoms with Gasteiger partial charge >= 0.3 is 0 Å². The van der Waals surface area contributed by atoms with Crippen LogP contribution >= 0.6 is 0 Å². The highest BCUT2D eigenvalue weighted by molar-refractivity contribution is 5.90. The zero-order valence-corrected chi connectivity index (χ0v) is 10.7. The van der Waals surface area contributed by atoms with E-state index < -0.39 is 0 Å². The maximum absolute atomic E-state index is 11.8. The first-order chi connectivity index (χ1) is 9.28. The molecule has 1 aromatic heterocycles. The Hall–Kier alpha value is -2.43. The Bertz CT molecular complexity index is 526. The van der Waals surface area contributed by atoms with Crippen molar-refractivity contribution in [2.45, 2.75) is 13.3 Å². The summed E-state index contributed by atoms with van der Waals surface area (Å²) in [5, 5.41) is 2.64. The minimum absolute atomic E-state index is 0.143. The molecule has 19 heavy (non-hydrogen) atoms. The van der Waals surface area contributed by atoms with Crippen LogP contribution in [0, 0.1) is 0 Å². The third-order valence-corrected chi connectivity index (χ3v) is 2.42. The number of carbonyl (C=O) groups is 1. The van der Waals surface area contributed by atoms with Gasteiger partial charge in [0, 0.05) is 12.4 Å². The second-order valence-corrected chi connectivity index (χ2v) is 3.87. The average Bonchev–Trinajstić information content (AvgIpc) is 2.42. The molecule has 2 rings (SSSR count). The van der Waals surface area contributed by atoms with Gasteiger partial charge in [-0.05, 0) is 30.7 Å². The minimum Gasteiger partial charge on any atom is -0.494 e. The van der Waals surface area contributed by atoms with Gasteiger partial charge in [-0.1, -0.05) is 12.1 Å². The van der Waals surface area contributed by atoms with Gasteiger partial charge in [0.15, 0.2) is 0 Å². The molecule has 5 nitrogen and oxygen atoms in total. The Morgan fingerprint density at radius 1 is 1.21 bits per heavy atom. The Labute approximate surface area is 111 Å². The number of amides is 1. The van der Waals surface area contributed by atoms with Crippen LogP contribution in [0.3, 0.4) is 0 Å². The van der Waals surface area contributed by atoms with Crippen molar-refractivity contribution in [3.05, 3.63) is 48.3 Å². The molecule has 0 bridgehead atoms. The predicted octanol–water partition coefficient (Wildman–Crippen LogP) is 2.06. The summed E-state index contributed by atoms with van der Waals surface area (Å²) < 4.78 is 5.34. The number of nitrogens with zero attached hydrogens (tertiary/aromatic N) is 2. The van der Waals surface area contributed by atoms with Gasteiger partial charge in [0.25, 0.3) is 0 Å². The molecule has 1 aromatic carbocycles. The molecule has 2 aromatic rings. The highest BCUT2D eigenvalue weighted by atomic mass is 16.5. The van der Waals surface area contributed by atoms with Crippen molar-refractivity contribution in [2.75, 3.05) is 11.9 Å². The molecule has 5 heteroatoms. The van der Waals surface area contributed by atoms with Gasteiger partial charge in [-0.25, -0.2) is 9.97 Å². The minimum atomic E-state index is -0.143. The fourth-order valence-electron chi connectivity index (χ4n) is 1.59. The Morgan fingerprint density at radius 3 is 2.53 bits per heavy atom. The van der Waals surface area contributed by atoms with Crippen molar-refractivity contribution in [1.82, 2.24) is 9.97 Å². The highest BCUT2D eigenvalue weighted by Gasteiger charge is 2.05. The molecule has 0 aliphatic rings. The maximum atomic E-state index is 11.8. The van der Waals surface area contributed by atoms with Gasteiger partial charge in [-0.15, -0.1) is 0 Å². The van der Waals surface area contributed by atoms with Gasteiger partial charge in [0.05, 0.1) is 13.0 Å². The molecular weight excluding hydrogens is 242 g/mol. The highest BCUT2D eigenvalue weighted by Crippen LogP contribution is 2.12. The van der Waals surface area contributed by atoms with E-state index in [0.717, 1.165) is 11.3 Å². The lowest BCUT2D eigenvalue weighted by atomic mass is 10.1.